The number of pyridine rings is 1. The smallest absolute Gasteiger partial charge is 0 e. The molecule has 0 N–H and O–H groups in total. The van der Waals surface area contributed by atoms with Gasteiger partial charge in [0.25, 0.3) is 0 Å². The fourth-order valence-corrected chi connectivity index (χ4v) is 11.0. The molecule has 0 fully saturated rings. The van der Waals surface area contributed by atoms with Crippen LogP contribution in [-0.2, 0) is 31.9 Å². The number of hydrogen-bond donors (Lipinski definition) is 0. The van der Waals surface area contributed by atoms with Gasteiger partial charge in [-0.3, -0.25) is 4.98 Å². The molecule has 0 amide bonds. The zero-order valence-corrected chi connectivity index (χ0v) is 38.6. The van der Waals surface area contributed by atoms with Crippen LogP contribution < -0.4 is 4.40 Å². The molecule has 4 nitrogen and oxygen atoms in total. The summed E-state index contributed by atoms with van der Waals surface area (Å²) >= 11 is -1.86. The van der Waals surface area contributed by atoms with E-state index in [4.69, 9.17) is 14.4 Å². The minimum Gasteiger partial charge on any atom is 0 e. The van der Waals surface area contributed by atoms with Crippen LogP contribution in [0.1, 0.15) is 45.7 Å². The van der Waals surface area contributed by atoms with Crippen molar-refractivity contribution in [2.75, 3.05) is 0 Å². The van der Waals surface area contributed by atoms with Gasteiger partial charge in [-0.05, 0) is 40.6 Å². The third-order valence-electron chi connectivity index (χ3n) is 10.5. The monoisotopic (exact) mass is 986 g/mol. The normalized spacial score (nSPS) is 11.9. The van der Waals surface area contributed by atoms with Crippen molar-refractivity contribution in [3.8, 4) is 28.3 Å². The molecule has 0 saturated carbocycles. The van der Waals surface area contributed by atoms with Crippen LogP contribution in [0.5, 0.6) is 0 Å². The van der Waals surface area contributed by atoms with Crippen LogP contribution >= 0.6 is 0 Å². The number of fused-ring (bicyclic) bond motifs is 6. The van der Waals surface area contributed by atoms with Crippen LogP contribution in [0.2, 0.25) is 17.3 Å². The van der Waals surface area contributed by atoms with E-state index < -0.39 is 13.3 Å². The number of nitrogens with zero attached hydrogens (tertiary/aromatic N) is 3. The van der Waals surface area contributed by atoms with Crippen LogP contribution in [0.25, 0.3) is 72.1 Å². The number of benzene rings is 6. The second-order valence-electron chi connectivity index (χ2n) is 17.3. The van der Waals surface area contributed by atoms with Gasteiger partial charge in [0.15, 0.2) is 0 Å². The molecule has 0 atom stereocenters. The molecule has 9 aromatic rings. The van der Waals surface area contributed by atoms with Crippen LogP contribution in [0, 0.1) is 18.1 Å². The maximum Gasteiger partial charge on any atom is 0 e. The van der Waals surface area contributed by atoms with Gasteiger partial charge in [-0.1, -0.05) is 92.4 Å². The zero-order chi connectivity index (χ0) is 39.2. The Morgan fingerprint density at radius 3 is 2.18 bits per heavy atom. The van der Waals surface area contributed by atoms with Gasteiger partial charge in [0, 0.05) is 36.6 Å². The standard InChI is InChI=1S/C33H25N2O.C18H24GeN.Ir/c1-33(2,3)22-16-18-23(19-17-22)35-28-20-15-21-9-4-5-10-24(21)30(28)34-32(35)27-13-8-12-26-25-11-6-7-14-29(25)36-31(26)27;1-14(2)11-16-12-18(15-9-7-6-8-10-15)20-13-17(16)19(3,4)5;/h4-12,14-20H,1-3H3;6-9,12-14H,11H2,1-5H3;/q2*-1;. The predicted molar refractivity (Wildman–Crippen MR) is 239 cm³/mol. The maximum absolute atomic E-state index is 6.39. The maximum atomic E-state index is 6.39. The Bertz CT molecular complexity index is 2820. The summed E-state index contributed by atoms with van der Waals surface area (Å²) in [5.41, 5.74) is 10.7. The average Bonchev–Trinajstić information content (AvgIpc) is 3.77. The largest absolute Gasteiger partial charge is 0 e. The van der Waals surface area contributed by atoms with Crippen LogP contribution in [0.4, 0.5) is 0 Å². The van der Waals surface area contributed by atoms with E-state index in [0.29, 0.717) is 5.92 Å². The van der Waals surface area contributed by atoms with Gasteiger partial charge in [-0.25, -0.2) is 0 Å². The van der Waals surface area contributed by atoms with E-state index in [2.05, 4.69) is 160 Å². The molecule has 0 spiro atoms. The quantitative estimate of drug-likeness (QED) is 0.123. The first-order valence-corrected chi connectivity index (χ1v) is 27.0. The Labute approximate surface area is 353 Å². The summed E-state index contributed by atoms with van der Waals surface area (Å²) in [5.74, 6) is 8.82. The Hall–Kier alpha value is -4.81. The van der Waals surface area contributed by atoms with Gasteiger partial charge in [0.1, 0.15) is 5.58 Å². The average molecular weight is 985 g/mol. The van der Waals surface area contributed by atoms with Crippen molar-refractivity contribution >= 4 is 61.4 Å². The van der Waals surface area contributed by atoms with Crippen molar-refractivity contribution in [1.82, 2.24) is 14.5 Å². The summed E-state index contributed by atoms with van der Waals surface area (Å²) in [6.07, 6.45) is 3.27. The van der Waals surface area contributed by atoms with Crippen molar-refractivity contribution in [2.24, 2.45) is 5.92 Å². The fourth-order valence-electron chi connectivity index (χ4n) is 7.69. The predicted octanol–water partition coefficient (Wildman–Crippen LogP) is 13.1. The molecule has 0 aliphatic rings. The number of rotatable bonds is 6. The molecule has 0 aliphatic carbocycles. The van der Waals surface area contributed by atoms with Gasteiger partial charge >= 0.3 is 126 Å². The molecule has 6 heteroatoms. The number of para-hydroxylation sites is 1. The van der Waals surface area contributed by atoms with Crippen molar-refractivity contribution in [3.63, 3.8) is 0 Å². The molecule has 9 rings (SSSR count). The molecule has 289 valence electrons. The number of hydrogen-bond acceptors (Lipinski definition) is 3. The molecule has 1 radical (unpaired) electrons. The Morgan fingerprint density at radius 2 is 1.47 bits per heavy atom. The van der Waals surface area contributed by atoms with Gasteiger partial charge in [0.2, 0.25) is 0 Å². The van der Waals surface area contributed by atoms with Crippen molar-refractivity contribution in [3.05, 3.63) is 157 Å². The molecule has 6 aromatic carbocycles. The summed E-state index contributed by atoms with van der Waals surface area (Å²) < 4.78 is 10.2. The molecule has 0 unspecified atom stereocenters. The first-order chi connectivity index (χ1) is 26.9. The third kappa shape index (κ3) is 8.16. The van der Waals surface area contributed by atoms with Gasteiger partial charge < -0.3 is 8.98 Å². The Kier molecular flexibility index (Phi) is 11.5. The van der Waals surface area contributed by atoms with Crippen LogP contribution in [0.15, 0.2) is 138 Å². The van der Waals surface area contributed by atoms with Crippen LogP contribution in [0.3, 0.4) is 0 Å². The fraction of sp³-hybridized carbons (Fsp3) is 0.216. The van der Waals surface area contributed by atoms with Crippen molar-refractivity contribution in [2.45, 2.75) is 63.7 Å². The molecular weight excluding hydrogens is 935 g/mol. The van der Waals surface area contributed by atoms with Gasteiger partial charge in [-0.2, -0.15) is 0 Å². The summed E-state index contributed by atoms with van der Waals surface area (Å²) in [7, 11) is 0. The first-order valence-electron chi connectivity index (χ1n) is 19.7. The van der Waals surface area contributed by atoms with E-state index >= 15 is 0 Å². The number of imidazole rings is 1. The molecule has 3 heterocycles. The third-order valence-corrected chi connectivity index (χ3v) is 14.8. The molecular formula is C51H49GeIrN3O-2. The van der Waals surface area contributed by atoms with E-state index in [9.17, 15) is 0 Å². The van der Waals surface area contributed by atoms with Crippen molar-refractivity contribution in [1.29, 1.82) is 0 Å². The Balaban J connectivity index is 0.000000202. The van der Waals surface area contributed by atoms with E-state index in [-0.39, 0.29) is 25.5 Å². The number of furan rings is 1. The second kappa shape index (κ2) is 16.2. The topological polar surface area (TPSA) is 43.9 Å². The summed E-state index contributed by atoms with van der Waals surface area (Å²) in [6, 6.07) is 50.9. The molecule has 0 aliphatic heterocycles. The molecule has 0 bridgehead atoms. The molecule has 3 aromatic heterocycles. The second-order valence-corrected chi connectivity index (χ2v) is 27.8. The summed E-state index contributed by atoms with van der Waals surface area (Å²) in [5, 5.41) is 4.49. The Morgan fingerprint density at radius 1 is 0.754 bits per heavy atom. The summed E-state index contributed by atoms with van der Waals surface area (Å²) in [4.78, 5) is 9.95. The van der Waals surface area contributed by atoms with E-state index in [1.807, 2.05) is 42.5 Å². The SMILES string of the molecule is CC(C)(C)c1ccc(-n2c(-c3[c-]ccc4c3oc3ccccc34)nc3c4ccccc4ccc32)cc1.CC(C)Cc1cc(-c2[c-]cccc2)nc[c]1[Ge]([CH3])([CH3])[CH3].[Ir]. The first kappa shape index (κ1) is 40.4. The summed E-state index contributed by atoms with van der Waals surface area (Å²) in [6.45, 7) is 11.3. The molecule has 0 saturated heterocycles. The van der Waals surface area contributed by atoms with Gasteiger partial charge in [-0.15, -0.1) is 18.2 Å². The minimum atomic E-state index is -1.86. The van der Waals surface area contributed by atoms with Gasteiger partial charge in [0.05, 0.1) is 22.4 Å². The minimum absolute atomic E-state index is 0. The molecule has 57 heavy (non-hydrogen) atoms. The van der Waals surface area contributed by atoms with Crippen LogP contribution in [-0.4, -0.2) is 27.8 Å². The van der Waals surface area contributed by atoms with E-state index in [1.54, 1.807) is 4.40 Å². The van der Waals surface area contributed by atoms with E-state index in [0.717, 1.165) is 73.1 Å². The van der Waals surface area contributed by atoms with Crippen molar-refractivity contribution < 1.29 is 24.5 Å². The van der Waals surface area contributed by atoms with E-state index in [1.165, 1.54) is 16.5 Å². The number of aromatic nitrogens is 3. The zero-order valence-electron chi connectivity index (χ0n) is 34.1.